The smallest absolute Gasteiger partial charge is 0.113 e. The van der Waals surface area contributed by atoms with E-state index in [0.717, 1.165) is 17.6 Å². The van der Waals surface area contributed by atoms with E-state index in [1.54, 1.807) is 0 Å². The van der Waals surface area contributed by atoms with E-state index in [2.05, 4.69) is 0 Å². The first-order valence-corrected chi connectivity index (χ1v) is 3.75. The first-order chi connectivity index (χ1) is 5.33. The molecule has 2 radical (unpaired) electrons. The summed E-state index contributed by atoms with van der Waals surface area (Å²) in [5, 5.41) is 0. The van der Waals surface area contributed by atoms with E-state index >= 15 is 0 Å². The summed E-state index contributed by atoms with van der Waals surface area (Å²) in [6.07, 6.45) is 0. The Bertz CT molecular complexity index is 223. The zero-order valence-corrected chi connectivity index (χ0v) is 6.71. The zero-order chi connectivity index (χ0) is 8.10. The van der Waals surface area contributed by atoms with Crippen LogP contribution in [0.2, 0.25) is 0 Å². The molecule has 0 amide bonds. The van der Waals surface area contributed by atoms with Crippen molar-refractivity contribution >= 4 is 13.3 Å². The summed E-state index contributed by atoms with van der Waals surface area (Å²) >= 11 is 0. The van der Waals surface area contributed by atoms with Gasteiger partial charge in [0, 0.05) is 6.61 Å². The molecule has 0 aliphatic carbocycles. The minimum atomic E-state index is 0.654. The number of rotatable bonds is 3. The number of benzene rings is 1. The third-order valence-electron chi connectivity index (χ3n) is 1.42. The highest BCUT2D eigenvalue weighted by Gasteiger charge is 1.90. The fourth-order valence-corrected chi connectivity index (χ4v) is 0.903. The van der Waals surface area contributed by atoms with Crippen molar-refractivity contribution in [1.82, 2.24) is 0 Å². The maximum atomic E-state index is 5.57. The van der Waals surface area contributed by atoms with E-state index in [1.807, 2.05) is 31.2 Å². The second-order valence-electron chi connectivity index (χ2n) is 2.38. The molecule has 0 bridgehead atoms. The van der Waals surface area contributed by atoms with Crippen molar-refractivity contribution in [3.05, 3.63) is 29.8 Å². The van der Waals surface area contributed by atoms with Gasteiger partial charge < -0.3 is 4.74 Å². The predicted molar refractivity (Wildman–Crippen MR) is 47.2 cm³/mol. The van der Waals surface area contributed by atoms with E-state index < -0.39 is 0 Å². The highest BCUT2D eigenvalue weighted by Crippen LogP contribution is 1.97. The molecule has 0 N–H and O–H groups in total. The molecule has 11 heavy (non-hydrogen) atoms. The third-order valence-corrected chi connectivity index (χ3v) is 1.42. The van der Waals surface area contributed by atoms with Crippen LogP contribution < -0.4 is 5.46 Å². The lowest BCUT2D eigenvalue weighted by molar-refractivity contribution is 0.134. The Labute approximate surface area is 68.8 Å². The normalized spacial score (nSPS) is 9.91. The molecule has 1 aromatic carbocycles. The Morgan fingerprint density at radius 3 is 2.91 bits per heavy atom. The lowest BCUT2D eigenvalue weighted by atomic mass is 9.95. The van der Waals surface area contributed by atoms with Crippen molar-refractivity contribution in [2.45, 2.75) is 13.5 Å². The van der Waals surface area contributed by atoms with Crippen molar-refractivity contribution < 1.29 is 4.74 Å². The molecular weight excluding hydrogens is 135 g/mol. The van der Waals surface area contributed by atoms with Gasteiger partial charge in [-0.1, -0.05) is 29.7 Å². The van der Waals surface area contributed by atoms with Gasteiger partial charge in [0.1, 0.15) is 7.85 Å². The SMILES string of the molecule is [B]c1cccc(COCC)c1. The van der Waals surface area contributed by atoms with Crippen LogP contribution in [0.25, 0.3) is 0 Å². The van der Waals surface area contributed by atoms with Crippen molar-refractivity contribution in [1.29, 1.82) is 0 Å². The fraction of sp³-hybridized carbons (Fsp3) is 0.333. The van der Waals surface area contributed by atoms with Crippen molar-refractivity contribution in [2.24, 2.45) is 0 Å². The molecule has 2 heteroatoms. The number of hydrogen-bond acceptors (Lipinski definition) is 1. The van der Waals surface area contributed by atoms with Gasteiger partial charge in [-0.2, -0.15) is 0 Å². The Balaban J connectivity index is 2.56. The third kappa shape index (κ3) is 2.77. The number of ether oxygens (including phenoxy) is 1. The monoisotopic (exact) mass is 146 g/mol. The average Bonchev–Trinajstić information content (AvgIpc) is 2.01. The van der Waals surface area contributed by atoms with E-state index in [9.17, 15) is 0 Å². The quantitative estimate of drug-likeness (QED) is 0.578. The van der Waals surface area contributed by atoms with E-state index in [0.29, 0.717) is 6.61 Å². The maximum absolute atomic E-state index is 5.57. The second-order valence-corrected chi connectivity index (χ2v) is 2.38. The van der Waals surface area contributed by atoms with E-state index in [1.165, 1.54) is 0 Å². The van der Waals surface area contributed by atoms with Crippen molar-refractivity contribution in [3.63, 3.8) is 0 Å². The number of hydrogen-bond donors (Lipinski definition) is 0. The Kier molecular flexibility index (Phi) is 3.18. The Morgan fingerprint density at radius 1 is 1.45 bits per heavy atom. The molecule has 1 nitrogen and oxygen atoms in total. The topological polar surface area (TPSA) is 9.23 Å². The van der Waals surface area contributed by atoms with E-state index in [4.69, 9.17) is 12.6 Å². The minimum absolute atomic E-state index is 0.654. The molecule has 0 heterocycles. The van der Waals surface area contributed by atoms with Gasteiger partial charge >= 0.3 is 0 Å². The standard InChI is InChI=1S/C9H11BO/c1-2-11-7-8-4-3-5-9(10)6-8/h3-6H,2,7H2,1H3. The average molecular weight is 146 g/mol. The van der Waals surface area contributed by atoms with Crippen LogP contribution in [-0.2, 0) is 11.3 Å². The molecule has 0 spiro atoms. The van der Waals surface area contributed by atoms with Crippen LogP contribution in [0.5, 0.6) is 0 Å². The molecule has 0 saturated carbocycles. The van der Waals surface area contributed by atoms with Crippen molar-refractivity contribution in [2.75, 3.05) is 6.61 Å². The van der Waals surface area contributed by atoms with Gasteiger partial charge in [-0.15, -0.1) is 0 Å². The van der Waals surface area contributed by atoms with Crippen LogP contribution in [0.1, 0.15) is 12.5 Å². The largest absolute Gasteiger partial charge is 0.377 e. The maximum Gasteiger partial charge on any atom is 0.113 e. The zero-order valence-electron chi connectivity index (χ0n) is 6.71. The van der Waals surface area contributed by atoms with Crippen LogP contribution in [0.15, 0.2) is 24.3 Å². The molecule has 0 aromatic heterocycles. The Hall–Kier alpha value is -0.755. The molecule has 0 aliphatic heterocycles. The molecule has 0 fully saturated rings. The lowest BCUT2D eigenvalue weighted by Crippen LogP contribution is -2.03. The first kappa shape index (κ1) is 8.34. The summed E-state index contributed by atoms with van der Waals surface area (Å²) in [4.78, 5) is 0. The highest BCUT2D eigenvalue weighted by molar-refractivity contribution is 6.32. The molecule has 0 atom stereocenters. The van der Waals surface area contributed by atoms with Crippen LogP contribution in [0, 0.1) is 0 Å². The van der Waals surface area contributed by atoms with Crippen LogP contribution >= 0.6 is 0 Å². The Morgan fingerprint density at radius 2 is 2.27 bits per heavy atom. The van der Waals surface area contributed by atoms with Gasteiger partial charge in [-0.3, -0.25) is 0 Å². The summed E-state index contributed by atoms with van der Waals surface area (Å²) in [5.74, 6) is 0. The van der Waals surface area contributed by atoms with Gasteiger partial charge in [0.2, 0.25) is 0 Å². The molecule has 1 rings (SSSR count). The predicted octanol–water partition coefficient (Wildman–Crippen LogP) is 1.02. The van der Waals surface area contributed by atoms with Crippen LogP contribution in [0.4, 0.5) is 0 Å². The lowest BCUT2D eigenvalue weighted by Gasteiger charge is -2.01. The highest BCUT2D eigenvalue weighted by atomic mass is 16.5. The molecule has 0 unspecified atom stereocenters. The van der Waals surface area contributed by atoms with Gasteiger partial charge in [0.25, 0.3) is 0 Å². The van der Waals surface area contributed by atoms with E-state index in [-0.39, 0.29) is 0 Å². The van der Waals surface area contributed by atoms with Gasteiger partial charge in [-0.05, 0) is 12.5 Å². The second kappa shape index (κ2) is 4.19. The van der Waals surface area contributed by atoms with Crippen molar-refractivity contribution in [3.8, 4) is 0 Å². The summed E-state index contributed by atoms with van der Waals surface area (Å²) in [7, 11) is 5.57. The fourth-order valence-electron chi connectivity index (χ4n) is 0.903. The molecule has 0 saturated heterocycles. The summed E-state index contributed by atoms with van der Waals surface area (Å²) in [6, 6.07) is 7.74. The molecule has 1 aromatic rings. The van der Waals surface area contributed by atoms with Gasteiger partial charge in [0.15, 0.2) is 0 Å². The molecular formula is C9H11BO. The molecule has 0 aliphatic rings. The summed E-state index contributed by atoms with van der Waals surface area (Å²) in [6.45, 7) is 3.38. The summed E-state index contributed by atoms with van der Waals surface area (Å²) in [5.41, 5.74) is 1.93. The van der Waals surface area contributed by atoms with Gasteiger partial charge in [0.05, 0.1) is 6.61 Å². The first-order valence-electron chi connectivity index (χ1n) is 3.75. The van der Waals surface area contributed by atoms with Crippen LogP contribution in [-0.4, -0.2) is 14.5 Å². The minimum Gasteiger partial charge on any atom is -0.377 e. The van der Waals surface area contributed by atoms with Crippen LogP contribution in [0.3, 0.4) is 0 Å². The summed E-state index contributed by atoms with van der Waals surface area (Å²) < 4.78 is 5.22. The van der Waals surface area contributed by atoms with Gasteiger partial charge in [-0.25, -0.2) is 0 Å². The molecule has 56 valence electrons.